The zero-order valence-electron chi connectivity index (χ0n) is 13.9. The zero-order chi connectivity index (χ0) is 18.3. The quantitative estimate of drug-likeness (QED) is 0.586. The van der Waals surface area contributed by atoms with Crippen molar-refractivity contribution in [3.63, 3.8) is 0 Å². The molecule has 1 unspecified atom stereocenters. The highest BCUT2D eigenvalue weighted by molar-refractivity contribution is 6.30. The Morgan fingerprint density at radius 2 is 1.68 bits per heavy atom. The third-order valence-electron chi connectivity index (χ3n) is 3.77. The van der Waals surface area contributed by atoms with Gasteiger partial charge in [-0.25, -0.2) is 0 Å². The van der Waals surface area contributed by atoms with Crippen LogP contribution in [0.25, 0.3) is 0 Å². The lowest BCUT2D eigenvalue weighted by atomic mass is 10.0. The van der Waals surface area contributed by atoms with Crippen LogP contribution in [-0.4, -0.2) is 13.1 Å². The molecule has 136 valence electrons. The fourth-order valence-electron chi connectivity index (χ4n) is 2.45. The van der Waals surface area contributed by atoms with E-state index < -0.39 is 11.7 Å². The third kappa shape index (κ3) is 6.25. The van der Waals surface area contributed by atoms with Gasteiger partial charge in [0.05, 0.1) is 5.56 Å². The summed E-state index contributed by atoms with van der Waals surface area (Å²) in [5.41, 5.74) is 0.260. The molecule has 1 N–H and O–H groups in total. The normalized spacial score (nSPS) is 12.8. The van der Waals surface area contributed by atoms with Crippen molar-refractivity contribution >= 4 is 11.6 Å². The van der Waals surface area contributed by atoms with Gasteiger partial charge in [-0.1, -0.05) is 30.7 Å². The molecule has 6 heteroatoms. The van der Waals surface area contributed by atoms with Crippen LogP contribution in [-0.2, 0) is 6.18 Å². The van der Waals surface area contributed by atoms with Crippen molar-refractivity contribution < 1.29 is 17.9 Å². The Labute approximate surface area is 151 Å². The van der Waals surface area contributed by atoms with E-state index in [1.165, 1.54) is 12.1 Å². The molecule has 0 saturated carbocycles. The molecule has 0 fully saturated rings. The SMILES string of the molecule is CCNCCCC(Oc1ccc(C(F)(F)F)cc1)c1ccc(Cl)cc1. The lowest BCUT2D eigenvalue weighted by molar-refractivity contribution is -0.137. The topological polar surface area (TPSA) is 21.3 Å². The van der Waals surface area contributed by atoms with Gasteiger partial charge in [-0.3, -0.25) is 0 Å². The predicted octanol–water partition coefficient (Wildman–Crippen LogP) is 5.87. The first kappa shape index (κ1) is 19.6. The number of alkyl halides is 3. The first-order chi connectivity index (χ1) is 11.9. The van der Waals surface area contributed by atoms with Gasteiger partial charge in [0.25, 0.3) is 0 Å². The molecule has 0 aliphatic carbocycles. The molecular formula is C19H21ClF3NO. The molecule has 0 aliphatic heterocycles. The average molecular weight is 372 g/mol. The minimum absolute atomic E-state index is 0.243. The van der Waals surface area contributed by atoms with E-state index in [-0.39, 0.29) is 6.10 Å². The first-order valence-electron chi connectivity index (χ1n) is 8.20. The summed E-state index contributed by atoms with van der Waals surface area (Å²) in [7, 11) is 0. The van der Waals surface area contributed by atoms with E-state index in [1.807, 2.05) is 19.1 Å². The van der Waals surface area contributed by atoms with E-state index in [0.717, 1.165) is 43.6 Å². The molecule has 2 rings (SSSR count). The molecule has 0 radical (unpaired) electrons. The van der Waals surface area contributed by atoms with Crippen molar-refractivity contribution in [1.29, 1.82) is 0 Å². The summed E-state index contributed by atoms with van der Waals surface area (Å²) in [5, 5.41) is 3.88. The maximum Gasteiger partial charge on any atom is 0.416 e. The monoisotopic (exact) mass is 371 g/mol. The van der Waals surface area contributed by atoms with Crippen molar-refractivity contribution in [3.05, 3.63) is 64.7 Å². The highest BCUT2D eigenvalue weighted by Gasteiger charge is 2.30. The van der Waals surface area contributed by atoms with Crippen LogP contribution >= 0.6 is 11.6 Å². The molecule has 2 aromatic rings. The molecule has 0 heterocycles. The smallest absolute Gasteiger partial charge is 0.416 e. The summed E-state index contributed by atoms with van der Waals surface area (Å²) in [5.74, 6) is 0.413. The van der Waals surface area contributed by atoms with Crippen LogP contribution in [0.4, 0.5) is 13.2 Å². The molecule has 0 spiro atoms. The second-order valence-corrected chi connectivity index (χ2v) is 6.11. The third-order valence-corrected chi connectivity index (χ3v) is 4.02. The number of benzene rings is 2. The van der Waals surface area contributed by atoms with Crippen LogP contribution in [0.1, 0.15) is 37.0 Å². The molecule has 1 atom stereocenters. The van der Waals surface area contributed by atoms with E-state index >= 15 is 0 Å². The second-order valence-electron chi connectivity index (χ2n) is 5.68. The van der Waals surface area contributed by atoms with E-state index in [2.05, 4.69) is 5.32 Å². The summed E-state index contributed by atoms with van der Waals surface area (Å²) in [6, 6.07) is 12.1. The van der Waals surface area contributed by atoms with E-state index in [1.54, 1.807) is 12.1 Å². The lowest BCUT2D eigenvalue weighted by Gasteiger charge is -2.20. The van der Waals surface area contributed by atoms with Crippen LogP contribution in [0.3, 0.4) is 0 Å². The Balaban J connectivity index is 2.10. The van der Waals surface area contributed by atoms with E-state index in [9.17, 15) is 13.2 Å². The molecule has 0 aromatic heterocycles. The summed E-state index contributed by atoms with van der Waals surface area (Å²) in [6.45, 7) is 3.79. The van der Waals surface area contributed by atoms with Crippen LogP contribution in [0.15, 0.2) is 48.5 Å². The van der Waals surface area contributed by atoms with Gasteiger partial charge in [0.2, 0.25) is 0 Å². The summed E-state index contributed by atoms with van der Waals surface area (Å²) in [4.78, 5) is 0. The summed E-state index contributed by atoms with van der Waals surface area (Å²) in [6.07, 6.45) is -2.95. The van der Waals surface area contributed by atoms with E-state index in [0.29, 0.717) is 10.8 Å². The fraction of sp³-hybridized carbons (Fsp3) is 0.368. The van der Waals surface area contributed by atoms with E-state index in [4.69, 9.17) is 16.3 Å². The number of halogens is 4. The molecule has 2 nitrogen and oxygen atoms in total. The van der Waals surface area contributed by atoms with Gasteiger partial charge in [0.1, 0.15) is 11.9 Å². The second kappa shape index (κ2) is 9.11. The van der Waals surface area contributed by atoms with Gasteiger partial charge in [-0.05, 0) is 67.9 Å². The van der Waals surface area contributed by atoms with Crippen molar-refractivity contribution in [1.82, 2.24) is 5.32 Å². The maximum absolute atomic E-state index is 12.7. The molecular weight excluding hydrogens is 351 g/mol. The molecule has 0 bridgehead atoms. The van der Waals surface area contributed by atoms with Crippen molar-refractivity contribution in [2.45, 2.75) is 32.0 Å². The van der Waals surface area contributed by atoms with Crippen molar-refractivity contribution in [2.75, 3.05) is 13.1 Å². The fourth-order valence-corrected chi connectivity index (χ4v) is 2.57. The molecule has 25 heavy (non-hydrogen) atoms. The highest BCUT2D eigenvalue weighted by atomic mass is 35.5. The number of ether oxygens (including phenoxy) is 1. The molecule has 0 saturated heterocycles. The molecule has 2 aromatic carbocycles. The van der Waals surface area contributed by atoms with Crippen molar-refractivity contribution in [3.8, 4) is 5.75 Å². The number of hydrogen-bond acceptors (Lipinski definition) is 2. The standard InChI is InChI=1S/C19H21ClF3NO/c1-2-24-13-3-4-18(14-5-9-16(20)10-6-14)25-17-11-7-15(8-12-17)19(21,22)23/h5-12,18,24H,2-4,13H2,1H3. The number of nitrogens with one attached hydrogen (secondary N) is 1. The van der Waals surface area contributed by atoms with Gasteiger partial charge in [0.15, 0.2) is 0 Å². The molecule has 0 amide bonds. The Hall–Kier alpha value is -1.72. The van der Waals surface area contributed by atoms with Crippen LogP contribution in [0.5, 0.6) is 5.75 Å². The van der Waals surface area contributed by atoms with Crippen LogP contribution < -0.4 is 10.1 Å². The minimum atomic E-state index is -4.35. The van der Waals surface area contributed by atoms with Crippen LogP contribution in [0.2, 0.25) is 5.02 Å². The van der Waals surface area contributed by atoms with Gasteiger partial charge in [-0.2, -0.15) is 13.2 Å². The summed E-state index contributed by atoms with van der Waals surface area (Å²) < 4.78 is 43.9. The Kier molecular flexibility index (Phi) is 7.14. The number of hydrogen-bond donors (Lipinski definition) is 1. The maximum atomic E-state index is 12.7. The molecule has 0 aliphatic rings. The van der Waals surface area contributed by atoms with Gasteiger partial charge < -0.3 is 10.1 Å². The number of rotatable bonds is 8. The lowest BCUT2D eigenvalue weighted by Crippen LogP contribution is -2.16. The van der Waals surface area contributed by atoms with Gasteiger partial charge >= 0.3 is 6.18 Å². The van der Waals surface area contributed by atoms with Gasteiger partial charge in [0, 0.05) is 5.02 Å². The Morgan fingerprint density at radius 1 is 1.04 bits per heavy atom. The van der Waals surface area contributed by atoms with Gasteiger partial charge in [-0.15, -0.1) is 0 Å². The highest BCUT2D eigenvalue weighted by Crippen LogP contribution is 2.32. The van der Waals surface area contributed by atoms with Crippen molar-refractivity contribution in [2.24, 2.45) is 0 Å². The average Bonchev–Trinajstić information content (AvgIpc) is 2.58. The Bertz CT molecular complexity index is 641. The minimum Gasteiger partial charge on any atom is -0.486 e. The van der Waals surface area contributed by atoms with Crippen LogP contribution in [0, 0.1) is 0 Å². The largest absolute Gasteiger partial charge is 0.486 e. The summed E-state index contributed by atoms with van der Waals surface area (Å²) >= 11 is 5.92. The predicted molar refractivity (Wildman–Crippen MR) is 94.0 cm³/mol. The first-order valence-corrected chi connectivity index (χ1v) is 8.58. The Morgan fingerprint density at radius 3 is 2.24 bits per heavy atom. The zero-order valence-corrected chi connectivity index (χ0v) is 14.7.